The van der Waals surface area contributed by atoms with Crippen LogP contribution in [0.25, 0.3) is 102 Å². The fraction of sp³-hybridized carbons (Fsp3) is 0. The highest BCUT2D eigenvalue weighted by Crippen LogP contribution is 2.33. The zero-order chi connectivity index (χ0) is 40.1. The van der Waals surface area contributed by atoms with Crippen LogP contribution in [0, 0.1) is 0 Å². The summed E-state index contributed by atoms with van der Waals surface area (Å²) in [7, 11) is 0. The standard InChI is InChI=1S/C53H35N7/c1-6-16-36(17-7-1)43-30-50(44-28-26-41(34-54-44)49-33-48(39-22-12-4-13-23-39)57-52(60-49)40-24-14-5-15-25-40)56-51(31-43)45-29-27-42(35-55-45)53-58-46(37-18-8-2-9-19-37)32-47(59-53)38-20-10-3-11-21-38/h1-35H. The lowest BCUT2D eigenvalue weighted by molar-refractivity contribution is 1.16. The molecule has 5 heterocycles. The first kappa shape index (κ1) is 36.1. The molecule has 60 heavy (non-hydrogen) atoms. The van der Waals surface area contributed by atoms with Gasteiger partial charge in [-0.15, -0.1) is 0 Å². The van der Waals surface area contributed by atoms with E-state index < -0.39 is 0 Å². The van der Waals surface area contributed by atoms with Crippen LogP contribution in [0.1, 0.15) is 0 Å². The average molecular weight is 770 g/mol. The van der Waals surface area contributed by atoms with Crippen LogP contribution < -0.4 is 0 Å². The van der Waals surface area contributed by atoms with Crippen LogP contribution in [-0.2, 0) is 0 Å². The molecule has 7 heteroatoms. The second kappa shape index (κ2) is 16.3. The molecule has 0 atom stereocenters. The number of benzene rings is 5. The number of aromatic nitrogens is 7. The Morgan fingerprint density at radius 2 is 0.550 bits per heavy atom. The highest BCUT2D eigenvalue weighted by molar-refractivity contribution is 5.77. The largest absolute Gasteiger partial charge is 0.254 e. The van der Waals surface area contributed by atoms with Crippen molar-refractivity contribution < 1.29 is 0 Å². The molecule has 10 rings (SSSR count). The first-order valence-corrected chi connectivity index (χ1v) is 19.7. The molecular weight excluding hydrogens is 735 g/mol. The summed E-state index contributed by atoms with van der Waals surface area (Å²) in [5, 5.41) is 0. The van der Waals surface area contributed by atoms with Gasteiger partial charge < -0.3 is 0 Å². The summed E-state index contributed by atoms with van der Waals surface area (Å²) in [5.74, 6) is 1.25. The van der Waals surface area contributed by atoms with E-state index in [2.05, 4.69) is 60.7 Å². The normalized spacial score (nSPS) is 11.0. The zero-order valence-corrected chi connectivity index (χ0v) is 32.3. The van der Waals surface area contributed by atoms with Crippen molar-refractivity contribution in [3.63, 3.8) is 0 Å². The molecule has 0 bridgehead atoms. The van der Waals surface area contributed by atoms with Crippen molar-refractivity contribution >= 4 is 0 Å². The van der Waals surface area contributed by atoms with Crippen molar-refractivity contribution in [1.29, 1.82) is 0 Å². The van der Waals surface area contributed by atoms with Crippen LogP contribution in [0.5, 0.6) is 0 Å². The molecule has 5 aromatic carbocycles. The molecule has 5 aromatic heterocycles. The van der Waals surface area contributed by atoms with Gasteiger partial charge in [0.05, 0.1) is 45.6 Å². The third-order valence-corrected chi connectivity index (χ3v) is 10.2. The Hall–Kier alpha value is -8.29. The summed E-state index contributed by atoms with van der Waals surface area (Å²) in [6, 6.07) is 67.1. The predicted octanol–water partition coefficient (Wildman–Crippen LogP) is 12.5. The Labute approximate surface area is 347 Å². The van der Waals surface area contributed by atoms with Gasteiger partial charge in [0, 0.05) is 45.8 Å². The van der Waals surface area contributed by atoms with Crippen LogP contribution in [0.4, 0.5) is 0 Å². The topological polar surface area (TPSA) is 90.2 Å². The van der Waals surface area contributed by atoms with Gasteiger partial charge in [-0.2, -0.15) is 0 Å². The maximum Gasteiger partial charge on any atom is 0.161 e. The van der Waals surface area contributed by atoms with Crippen molar-refractivity contribution in [2.75, 3.05) is 0 Å². The Morgan fingerprint density at radius 1 is 0.200 bits per heavy atom. The number of rotatable bonds is 9. The minimum absolute atomic E-state index is 0.598. The average Bonchev–Trinajstić information content (AvgIpc) is 3.35. The second-order valence-corrected chi connectivity index (χ2v) is 14.2. The van der Waals surface area contributed by atoms with Gasteiger partial charge in [-0.1, -0.05) is 152 Å². The van der Waals surface area contributed by atoms with Gasteiger partial charge in [-0.3, -0.25) is 9.97 Å². The maximum absolute atomic E-state index is 5.14. The molecule has 0 fully saturated rings. The molecule has 0 saturated carbocycles. The first-order chi connectivity index (χ1) is 29.7. The zero-order valence-electron chi connectivity index (χ0n) is 32.3. The lowest BCUT2D eigenvalue weighted by Crippen LogP contribution is -1.98. The molecule has 0 aliphatic heterocycles. The molecule has 0 aliphatic rings. The van der Waals surface area contributed by atoms with Crippen molar-refractivity contribution in [3.8, 4) is 102 Å². The van der Waals surface area contributed by atoms with Crippen molar-refractivity contribution in [2.24, 2.45) is 0 Å². The van der Waals surface area contributed by atoms with Crippen LogP contribution in [0.15, 0.2) is 213 Å². The van der Waals surface area contributed by atoms with Gasteiger partial charge in [0.1, 0.15) is 0 Å². The highest BCUT2D eigenvalue weighted by atomic mass is 14.9. The molecule has 0 radical (unpaired) electrons. The summed E-state index contributed by atoms with van der Waals surface area (Å²) >= 11 is 0. The Bertz CT molecular complexity index is 2730. The smallest absolute Gasteiger partial charge is 0.161 e. The molecule has 0 saturated heterocycles. The number of hydrogen-bond acceptors (Lipinski definition) is 7. The van der Waals surface area contributed by atoms with Gasteiger partial charge in [0.25, 0.3) is 0 Å². The van der Waals surface area contributed by atoms with Crippen molar-refractivity contribution in [2.45, 2.75) is 0 Å². The summed E-state index contributed by atoms with van der Waals surface area (Å²) in [5.41, 5.74) is 14.0. The summed E-state index contributed by atoms with van der Waals surface area (Å²) < 4.78 is 0. The summed E-state index contributed by atoms with van der Waals surface area (Å²) in [6.07, 6.45) is 3.69. The van der Waals surface area contributed by atoms with Gasteiger partial charge in [0.2, 0.25) is 0 Å². The van der Waals surface area contributed by atoms with E-state index in [9.17, 15) is 0 Å². The third-order valence-electron chi connectivity index (χ3n) is 10.2. The van der Waals surface area contributed by atoms with Gasteiger partial charge >= 0.3 is 0 Å². The fourth-order valence-corrected chi connectivity index (χ4v) is 7.12. The minimum Gasteiger partial charge on any atom is -0.254 e. The third kappa shape index (κ3) is 7.71. The molecule has 0 unspecified atom stereocenters. The van der Waals surface area contributed by atoms with E-state index in [0.29, 0.717) is 11.6 Å². The summed E-state index contributed by atoms with van der Waals surface area (Å²) in [4.78, 5) is 35.0. The predicted molar refractivity (Wildman–Crippen MR) is 240 cm³/mol. The Morgan fingerprint density at radius 3 is 0.950 bits per heavy atom. The minimum atomic E-state index is 0.598. The second-order valence-electron chi connectivity index (χ2n) is 14.2. The van der Waals surface area contributed by atoms with E-state index in [0.717, 1.165) is 90.1 Å². The maximum atomic E-state index is 5.14. The Balaban J connectivity index is 1.01. The number of pyridine rings is 3. The molecule has 0 N–H and O–H groups in total. The van der Waals surface area contributed by atoms with E-state index in [1.165, 1.54) is 0 Å². The van der Waals surface area contributed by atoms with Crippen LogP contribution >= 0.6 is 0 Å². The molecule has 0 spiro atoms. The molecule has 0 amide bonds. The highest BCUT2D eigenvalue weighted by Gasteiger charge is 2.16. The van der Waals surface area contributed by atoms with Crippen molar-refractivity contribution in [1.82, 2.24) is 34.9 Å². The van der Waals surface area contributed by atoms with Crippen molar-refractivity contribution in [3.05, 3.63) is 213 Å². The fourth-order valence-electron chi connectivity index (χ4n) is 7.12. The monoisotopic (exact) mass is 769 g/mol. The quantitative estimate of drug-likeness (QED) is 0.144. The molecule has 0 aliphatic carbocycles. The van der Waals surface area contributed by atoms with Gasteiger partial charge in [-0.25, -0.2) is 24.9 Å². The SMILES string of the molecule is c1ccc(-c2cc(-c3ccc(-c4cc(-c5ccccc5)nc(-c5ccccc5)n4)cn3)nc(-c3ccc(-c4nc(-c5ccccc5)cc(-c5ccccc5)n4)cn3)c2)cc1. The first-order valence-electron chi connectivity index (χ1n) is 19.7. The molecule has 282 valence electrons. The number of hydrogen-bond donors (Lipinski definition) is 0. The van der Waals surface area contributed by atoms with Crippen LogP contribution in [0.2, 0.25) is 0 Å². The lowest BCUT2D eigenvalue weighted by Gasteiger charge is -2.12. The van der Waals surface area contributed by atoms with Gasteiger partial charge in [-0.05, 0) is 59.7 Å². The summed E-state index contributed by atoms with van der Waals surface area (Å²) in [6.45, 7) is 0. The Kier molecular flexibility index (Phi) is 9.79. The van der Waals surface area contributed by atoms with E-state index in [1.54, 1.807) is 0 Å². The van der Waals surface area contributed by atoms with E-state index in [1.807, 2.05) is 152 Å². The van der Waals surface area contributed by atoms with E-state index in [4.69, 9.17) is 34.9 Å². The van der Waals surface area contributed by atoms with E-state index in [-0.39, 0.29) is 0 Å². The number of nitrogens with zero attached hydrogens (tertiary/aromatic N) is 7. The van der Waals surface area contributed by atoms with Crippen LogP contribution in [-0.4, -0.2) is 34.9 Å². The lowest BCUT2D eigenvalue weighted by atomic mass is 10.0. The van der Waals surface area contributed by atoms with Crippen LogP contribution in [0.3, 0.4) is 0 Å². The van der Waals surface area contributed by atoms with Gasteiger partial charge in [0.15, 0.2) is 11.6 Å². The molecule has 10 aromatic rings. The molecular formula is C53H35N7. The molecule has 7 nitrogen and oxygen atoms in total. The van der Waals surface area contributed by atoms with E-state index >= 15 is 0 Å².